The predicted molar refractivity (Wildman–Crippen MR) is 54.2 cm³/mol. The monoisotopic (exact) mass is 175 g/mol. The Bertz CT molecular complexity index is 443. The molecule has 0 saturated heterocycles. The smallest absolute Gasteiger partial charge is 0.207 e. The van der Waals surface area contributed by atoms with Gasteiger partial charge in [0.1, 0.15) is 0 Å². The highest BCUT2D eigenvalue weighted by atomic mass is 15.2. The molecule has 0 aliphatic rings. The Hall–Kier alpha value is -1.51. The van der Waals surface area contributed by atoms with E-state index >= 15 is 0 Å². The number of aromatic nitrogens is 2. The fourth-order valence-corrected chi connectivity index (χ4v) is 1.52. The van der Waals surface area contributed by atoms with Crippen LogP contribution in [0.2, 0.25) is 0 Å². The lowest BCUT2D eigenvalue weighted by Crippen LogP contribution is -2.00. The van der Waals surface area contributed by atoms with Crippen LogP contribution in [-0.2, 0) is 0 Å². The summed E-state index contributed by atoms with van der Waals surface area (Å²) in [5.74, 6) is 0.899. The van der Waals surface area contributed by atoms with Gasteiger partial charge in [-0.05, 0) is 25.5 Å². The molecule has 0 unspecified atom stereocenters. The van der Waals surface area contributed by atoms with E-state index in [9.17, 15) is 0 Å². The van der Waals surface area contributed by atoms with Crippen LogP contribution in [0.5, 0.6) is 0 Å². The van der Waals surface area contributed by atoms with Crippen LogP contribution in [0, 0.1) is 13.8 Å². The van der Waals surface area contributed by atoms with Crippen LogP contribution >= 0.6 is 0 Å². The Morgan fingerprint density at radius 3 is 2.77 bits per heavy atom. The number of nitrogens with one attached hydrogen (secondary N) is 1. The highest BCUT2D eigenvalue weighted by Crippen LogP contribution is 2.16. The van der Waals surface area contributed by atoms with Crippen LogP contribution in [0.1, 0.15) is 11.3 Å². The Kier molecular flexibility index (Phi) is 1.72. The summed E-state index contributed by atoms with van der Waals surface area (Å²) >= 11 is 0. The minimum Gasteiger partial charge on any atom is -0.358 e. The summed E-state index contributed by atoms with van der Waals surface area (Å²) < 4.78 is 2.12. The maximum absolute atomic E-state index is 4.27. The molecule has 0 bridgehead atoms. The molecule has 3 nitrogen and oxygen atoms in total. The van der Waals surface area contributed by atoms with Gasteiger partial charge in [0.2, 0.25) is 5.95 Å². The second-order valence-corrected chi connectivity index (χ2v) is 3.19. The predicted octanol–water partition coefficient (Wildman–Crippen LogP) is 1.99. The summed E-state index contributed by atoms with van der Waals surface area (Å²) in [7, 11) is 1.89. The van der Waals surface area contributed by atoms with Gasteiger partial charge in [-0.3, -0.25) is 4.40 Å². The number of hydrogen-bond donors (Lipinski definition) is 1. The summed E-state index contributed by atoms with van der Waals surface area (Å²) in [5.41, 5.74) is 3.65. The third-order valence-corrected chi connectivity index (χ3v) is 2.42. The maximum atomic E-state index is 4.27. The van der Waals surface area contributed by atoms with Crippen molar-refractivity contribution in [2.24, 2.45) is 0 Å². The standard InChI is InChI=1S/C10H13N3/c1-7-4-5-9-6-12-10(11-3)13(9)8(7)2/h4-6H,1-3H3,(H,11,12). The molecule has 2 rings (SSSR count). The number of rotatable bonds is 1. The second-order valence-electron chi connectivity index (χ2n) is 3.19. The summed E-state index contributed by atoms with van der Waals surface area (Å²) in [6, 6.07) is 4.20. The second kappa shape index (κ2) is 2.76. The van der Waals surface area contributed by atoms with Gasteiger partial charge < -0.3 is 5.32 Å². The zero-order chi connectivity index (χ0) is 9.42. The van der Waals surface area contributed by atoms with Crippen molar-refractivity contribution in [2.75, 3.05) is 12.4 Å². The molecule has 2 aromatic heterocycles. The van der Waals surface area contributed by atoms with Crippen LogP contribution in [0.15, 0.2) is 18.3 Å². The molecule has 68 valence electrons. The van der Waals surface area contributed by atoms with E-state index in [0.29, 0.717) is 0 Å². The van der Waals surface area contributed by atoms with Crippen molar-refractivity contribution >= 4 is 11.5 Å². The highest BCUT2D eigenvalue weighted by Gasteiger charge is 2.04. The van der Waals surface area contributed by atoms with Crippen molar-refractivity contribution in [3.63, 3.8) is 0 Å². The van der Waals surface area contributed by atoms with Crippen molar-refractivity contribution in [1.82, 2.24) is 9.38 Å². The van der Waals surface area contributed by atoms with Crippen LogP contribution in [0.4, 0.5) is 5.95 Å². The van der Waals surface area contributed by atoms with Crippen LogP contribution < -0.4 is 5.32 Å². The van der Waals surface area contributed by atoms with E-state index in [2.05, 4.69) is 40.7 Å². The number of hydrogen-bond acceptors (Lipinski definition) is 2. The van der Waals surface area contributed by atoms with Crippen molar-refractivity contribution in [3.8, 4) is 0 Å². The first-order valence-electron chi connectivity index (χ1n) is 4.35. The van der Waals surface area contributed by atoms with Crippen LogP contribution in [0.25, 0.3) is 5.52 Å². The van der Waals surface area contributed by atoms with Gasteiger partial charge in [-0.2, -0.15) is 0 Å². The molecule has 2 aromatic rings. The first kappa shape index (κ1) is 8.10. The van der Waals surface area contributed by atoms with Gasteiger partial charge in [0.15, 0.2) is 0 Å². The van der Waals surface area contributed by atoms with Crippen molar-refractivity contribution in [3.05, 3.63) is 29.6 Å². The molecule has 0 saturated carbocycles. The molecule has 0 aromatic carbocycles. The highest BCUT2D eigenvalue weighted by molar-refractivity contribution is 5.54. The van der Waals surface area contributed by atoms with E-state index in [1.54, 1.807) is 0 Å². The lowest BCUT2D eigenvalue weighted by atomic mass is 10.2. The molecule has 1 N–H and O–H groups in total. The fourth-order valence-electron chi connectivity index (χ4n) is 1.52. The van der Waals surface area contributed by atoms with Gasteiger partial charge in [0.25, 0.3) is 0 Å². The molecule has 13 heavy (non-hydrogen) atoms. The summed E-state index contributed by atoms with van der Waals surface area (Å²) in [6.45, 7) is 4.21. The lowest BCUT2D eigenvalue weighted by Gasteiger charge is -2.06. The Morgan fingerprint density at radius 2 is 2.08 bits per heavy atom. The molecule has 0 amide bonds. The zero-order valence-electron chi connectivity index (χ0n) is 8.13. The van der Waals surface area contributed by atoms with E-state index in [1.165, 1.54) is 11.3 Å². The number of anilines is 1. The topological polar surface area (TPSA) is 29.3 Å². The van der Waals surface area contributed by atoms with Gasteiger partial charge in [0.05, 0.1) is 11.7 Å². The van der Waals surface area contributed by atoms with E-state index in [1.807, 2.05) is 13.2 Å². The third-order valence-electron chi connectivity index (χ3n) is 2.42. The molecule has 3 heteroatoms. The quantitative estimate of drug-likeness (QED) is 0.718. The van der Waals surface area contributed by atoms with Gasteiger partial charge in [-0.25, -0.2) is 4.98 Å². The third kappa shape index (κ3) is 1.08. The molecule has 2 heterocycles. The Labute approximate surface area is 77.4 Å². The van der Waals surface area contributed by atoms with E-state index in [-0.39, 0.29) is 0 Å². The number of imidazole rings is 1. The normalized spacial score (nSPS) is 10.7. The maximum Gasteiger partial charge on any atom is 0.207 e. The van der Waals surface area contributed by atoms with Crippen LogP contribution in [0.3, 0.4) is 0 Å². The molecule has 0 aliphatic carbocycles. The summed E-state index contributed by atoms with van der Waals surface area (Å²) in [6.07, 6.45) is 1.87. The SMILES string of the molecule is CNc1ncc2ccc(C)c(C)n12. The number of aryl methyl sites for hydroxylation is 2. The Balaban J connectivity index is 2.85. The lowest BCUT2D eigenvalue weighted by molar-refractivity contribution is 1.05. The number of nitrogens with zero attached hydrogens (tertiary/aromatic N) is 2. The number of pyridine rings is 1. The van der Waals surface area contributed by atoms with Gasteiger partial charge in [-0.1, -0.05) is 6.07 Å². The average Bonchev–Trinajstić information content (AvgIpc) is 2.55. The van der Waals surface area contributed by atoms with Crippen LogP contribution in [-0.4, -0.2) is 16.4 Å². The molecular weight excluding hydrogens is 162 g/mol. The van der Waals surface area contributed by atoms with E-state index in [0.717, 1.165) is 11.5 Å². The fraction of sp³-hybridized carbons (Fsp3) is 0.300. The molecule has 0 radical (unpaired) electrons. The van der Waals surface area contributed by atoms with Gasteiger partial charge >= 0.3 is 0 Å². The summed E-state index contributed by atoms with van der Waals surface area (Å²) in [5, 5.41) is 3.07. The van der Waals surface area contributed by atoms with Crippen molar-refractivity contribution < 1.29 is 0 Å². The number of fused-ring (bicyclic) bond motifs is 1. The minimum absolute atomic E-state index is 0.899. The largest absolute Gasteiger partial charge is 0.358 e. The van der Waals surface area contributed by atoms with Gasteiger partial charge in [0, 0.05) is 12.7 Å². The first-order valence-corrected chi connectivity index (χ1v) is 4.35. The molecular formula is C10H13N3. The average molecular weight is 175 g/mol. The van der Waals surface area contributed by atoms with E-state index < -0.39 is 0 Å². The zero-order valence-corrected chi connectivity index (χ0v) is 8.13. The molecule has 0 fully saturated rings. The van der Waals surface area contributed by atoms with Crippen molar-refractivity contribution in [1.29, 1.82) is 0 Å². The molecule has 0 aliphatic heterocycles. The molecule has 0 atom stereocenters. The minimum atomic E-state index is 0.899. The van der Waals surface area contributed by atoms with Gasteiger partial charge in [-0.15, -0.1) is 0 Å². The first-order chi connectivity index (χ1) is 6.24. The summed E-state index contributed by atoms with van der Waals surface area (Å²) in [4.78, 5) is 4.27. The molecule has 0 spiro atoms. The van der Waals surface area contributed by atoms with E-state index in [4.69, 9.17) is 0 Å². The van der Waals surface area contributed by atoms with Crippen molar-refractivity contribution in [2.45, 2.75) is 13.8 Å². The Morgan fingerprint density at radius 1 is 1.31 bits per heavy atom.